The van der Waals surface area contributed by atoms with Gasteiger partial charge < -0.3 is 10.3 Å². The summed E-state index contributed by atoms with van der Waals surface area (Å²) in [5.74, 6) is 0.401. The van der Waals surface area contributed by atoms with Crippen molar-refractivity contribution in [1.82, 2.24) is 4.98 Å². The summed E-state index contributed by atoms with van der Waals surface area (Å²) in [6, 6.07) is 8.21. The highest BCUT2D eigenvalue weighted by Gasteiger charge is 2.29. The standard InChI is InChI=1S/C16H20N2O/c1-16(2,3)14-9-11-8-12(6-7-13(11)18-14)17-15(19)10-4-5-10/h6-10,18H,4-5H2,1-3H3,(H,17,19). The smallest absolute Gasteiger partial charge is 0.227 e. The average Bonchev–Trinajstić information content (AvgIpc) is 3.07. The molecule has 0 atom stereocenters. The molecule has 1 aliphatic rings. The number of aromatic amines is 1. The first-order valence-electron chi connectivity index (χ1n) is 6.87. The van der Waals surface area contributed by atoms with E-state index in [4.69, 9.17) is 0 Å². The number of rotatable bonds is 2. The summed E-state index contributed by atoms with van der Waals surface area (Å²) in [5.41, 5.74) is 3.34. The molecule has 1 aromatic heterocycles. The first-order chi connectivity index (χ1) is 8.93. The molecule has 0 saturated heterocycles. The Balaban J connectivity index is 1.89. The quantitative estimate of drug-likeness (QED) is 0.843. The van der Waals surface area contributed by atoms with E-state index in [1.54, 1.807) is 0 Å². The molecule has 19 heavy (non-hydrogen) atoms. The molecule has 100 valence electrons. The van der Waals surface area contributed by atoms with Gasteiger partial charge in [0.25, 0.3) is 0 Å². The molecule has 2 N–H and O–H groups in total. The fourth-order valence-corrected chi connectivity index (χ4v) is 2.20. The molecule has 0 radical (unpaired) electrons. The lowest BCUT2D eigenvalue weighted by molar-refractivity contribution is -0.117. The molecule has 0 unspecified atom stereocenters. The number of nitrogens with one attached hydrogen (secondary N) is 2. The third kappa shape index (κ3) is 2.50. The minimum Gasteiger partial charge on any atom is -0.358 e. The van der Waals surface area contributed by atoms with Crippen molar-refractivity contribution >= 4 is 22.5 Å². The van der Waals surface area contributed by atoms with Gasteiger partial charge in [0, 0.05) is 33.6 Å². The molecule has 3 heteroatoms. The van der Waals surface area contributed by atoms with Crippen LogP contribution >= 0.6 is 0 Å². The summed E-state index contributed by atoms with van der Waals surface area (Å²) in [6.45, 7) is 6.56. The minimum atomic E-state index is 0.108. The second kappa shape index (κ2) is 4.12. The number of fused-ring (bicyclic) bond motifs is 1. The largest absolute Gasteiger partial charge is 0.358 e. The molecular weight excluding hydrogens is 236 g/mol. The van der Waals surface area contributed by atoms with Crippen molar-refractivity contribution in [3.63, 3.8) is 0 Å². The number of aromatic nitrogens is 1. The van der Waals surface area contributed by atoms with E-state index in [2.05, 4.69) is 37.1 Å². The Morgan fingerprint density at radius 1 is 1.26 bits per heavy atom. The number of carbonyl (C=O) groups excluding carboxylic acids is 1. The van der Waals surface area contributed by atoms with E-state index in [0.717, 1.165) is 29.4 Å². The van der Waals surface area contributed by atoms with Crippen LogP contribution in [-0.2, 0) is 10.2 Å². The van der Waals surface area contributed by atoms with Gasteiger partial charge in [-0.15, -0.1) is 0 Å². The van der Waals surface area contributed by atoms with Crippen LogP contribution < -0.4 is 5.32 Å². The maximum absolute atomic E-state index is 11.8. The van der Waals surface area contributed by atoms with Crippen molar-refractivity contribution in [1.29, 1.82) is 0 Å². The SMILES string of the molecule is CC(C)(C)c1cc2cc(NC(=O)C3CC3)ccc2[nH]1. The van der Waals surface area contributed by atoms with Crippen LogP contribution in [-0.4, -0.2) is 10.9 Å². The maximum Gasteiger partial charge on any atom is 0.227 e. The lowest BCUT2D eigenvalue weighted by Crippen LogP contribution is -2.12. The van der Waals surface area contributed by atoms with Crippen molar-refractivity contribution in [2.75, 3.05) is 5.32 Å². The van der Waals surface area contributed by atoms with Gasteiger partial charge in [0.15, 0.2) is 0 Å². The highest BCUT2D eigenvalue weighted by molar-refractivity contribution is 5.96. The average molecular weight is 256 g/mol. The van der Waals surface area contributed by atoms with Crippen LogP contribution in [0.2, 0.25) is 0 Å². The summed E-state index contributed by atoms with van der Waals surface area (Å²) < 4.78 is 0. The van der Waals surface area contributed by atoms with Crippen LogP contribution in [0, 0.1) is 5.92 Å². The van der Waals surface area contributed by atoms with Gasteiger partial charge in [-0.2, -0.15) is 0 Å². The second-order valence-electron chi connectivity index (χ2n) is 6.50. The molecule has 1 fully saturated rings. The Bertz CT molecular complexity index is 630. The molecule has 1 amide bonds. The highest BCUT2D eigenvalue weighted by Crippen LogP contribution is 2.31. The molecule has 0 aliphatic heterocycles. The predicted molar refractivity (Wildman–Crippen MR) is 78.4 cm³/mol. The van der Waals surface area contributed by atoms with Gasteiger partial charge in [0.05, 0.1) is 0 Å². The first kappa shape index (κ1) is 12.3. The summed E-state index contributed by atoms with van der Waals surface area (Å²) in [4.78, 5) is 15.2. The van der Waals surface area contributed by atoms with E-state index in [9.17, 15) is 4.79 Å². The van der Waals surface area contributed by atoms with Gasteiger partial charge in [-0.05, 0) is 37.1 Å². The molecule has 1 heterocycles. The molecule has 1 aromatic carbocycles. The summed E-state index contributed by atoms with van der Waals surface area (Å²) in [6.07, 6.45) is 2.07. The number of hydrogen-bond acceptors (Lipinski definition) is 1. The monoisotopic (exact) mass is 256 g/mol. The molecule has 3 nitrogen and oxygen atoms in total. The normalized spacial score (nSPS) is 15.7. The molecule has 0 bridgehead atoms. The van der Waals surface area contributed by atoms with Gasteiger partial charge in [0.2, 0.25) is 5.91 Å². The highest BCUT2D eigenvalue weighted by atomic mass is 16.2. The number of amides is 1. The fraction of sp³-hybridized carbons (Fsp3) is 0.438. The lowest BCUT2D eigenvalue weighted by atomic mass is 9.92. The van der Waals surface area contributed by atoms with Crippen LogP contribution in [0.4, 0.5) is 5.69 Å². The third-order valence-corrected chi connectivity index (χ3v) is 3.64. The number of hydrogen-bond donors (Lipinski definition) is 2. The zero-order valence-corrected chi connectivity index (χ0v) is 11.7. The van der Waals surface area contributed by atoms with Crippen LogP contribution in [0.5, 0.6) is 0 Å². The van der Waals surface area contributed by atoms with Crippen LogP contribution in [0.25, 0.3) is 10.9 Å². The van der Waals surface area contributed by atoms with Gasteiger partial charge in [0.1, 0.15) is 0 Å². The maximum atomic E-state index is 11.8. The minimum absolute atomic E-state index is 0.108. The third-order valence-electron chi connectivity index (χ3n) is 3.64. The molecule has 0 spiro atoms. The summed E-state index contributed by atoms with van der Waals surface area (Å²) in [7, 11) is 0. The van der Waals surface area contributed by atoms with E-state index in [-0.39, 0.29) is 17.2 Å². The zero-order chi connectivity index (χ0) is 13.6. The summed E-state index contributed by atoms with van der Waals surface area (Å²) >= 11 is 0. The Kier molecular flexibility index (Phi) is 2.66. The molecule has 3 rings (SSSR count). The van der Waals surface area contributed by atoms with Crippen molar-refractivity contribution in [3.05, 3.63) is 30.0 Å². The number of H-pyrrole nitrogens is 1. The van der Waals surface area contributed by atoms with Gasteiger partial charge in [-0.3, -0.25) is 4.79 Å². The fourth-order valence-electron chi connectivity index (χ4n) is 2.20. The molecule has 2 aromatic rings. The van der Waals surface area contributed by atoms with Crippen molar-refractivity contribution in [2.45, 2.75) is 39.0 Å². The molecular formula is C16H20N2O. The van der Waals surface area contributed by atoms with Crippen molar-refractivity contribution in [3.8, 4) is 0 Å². The lowest BCUT2D eigenvalue weighted by Gasteiger charge is -2.15. The topological polar surface area (TPSA) is 44.9 Å². The van der Waals surface area contributed by atoms with Crippen LogP contribution in [0.1, 0.15) is 39.3 Å². The predicted octanol–water partition coefficient (Wildman–Crippen LogP) is 3.81. The Morgan fingerprint density at radius 3 is 2.63 bits per heavy atom. The number of carbonyl (C=O) groups is 1. The Labute approximate surface area is 113 Å². The van der Waals surface area contributed by atoms with Crippen molar-refractivity contribution in [2.24, 2.45) is 5.92 Å². The Hall–Kier alpha value is -1.77. The van der Waals surface area contributed by atoms with Crippen molar-refractivity contribution < 1.29 is 4.79 Å². The van der Waals surface area contributed by atoms with E-state index in [1.807, 2.05) is 18.2 Å². The van der Waals surface area contributed by atoms with Gasteiger partial charge in [-0.25, -0.2) is 0 Å². The van der Waals surface area contributed by atoms with E-state index >= 15 is 0 Å². The summed E-state index contributed by atoms with van der Waals surface area (Å²) in [5, 5.41) is 4.14. The van der Waals surface area contributed by atoms with Gasteiger partial charge in [-0.1, -0.05) is 20.8 Å². The number of anilines is 1. The van der Waals surface area contributed by atoms with E-state index in [1.165, 1.54) is 5.69 Å². The molecule has 1 aliphatic carbocycles. The zero-order valence-electron chi connectivity index (χ0n) is 11.7. The van der Waals surface area contributed by atoms with Crippen LogP contribution in [0.3, 0.4) is 0 Å². The molecule has 1 saturated carbocycles. The second-order valence-corrected chi connectivity index (χ2v) is 6.50. The van der Waals surface area contributed by atoms with E-state index < -0.39 is 0 Å². The number of benzene rings is 1. The Morgan fingerprint density at radius 2 is 2.00 bits per heavy atom. The van der Waals surface area contributed by atoms with Crippen LogP contribution in [0.15, 0.2) is 24.3 Å². The van der Waals surface area contributed by atoms with Gasteiger partial charge >= 0.3 is 0 Å². The first-order valence-corrected chi connectivity index (χ1v) is 6.87. The van der Waals surface area contributed by atoms with E-state index in [0.29, 0.717) is 0 Å².